The topological polar surface area (TPSA) is 19.1 Å². The van der Waals surface area contributed by atoms with Gasteiger partial charge < -0.3 is 13.9 Å². The van der Waals surface area contributed by atoms with E-state index in [1.54, 1.807) is 0 Å². The minimum atomic E-state index is -0.621. The number of para-hydroxylation sites is 6. The molecule has 244 valence electrons. The number of fused-ring (bicyclic) bond motifs is 8. The van der Waals surface area contributed by atoms with Crippen molar-refractivity contribution in [1.29, 1.82) is 0 Å². The molecule has 0 atom stereocenters. The molecule has 0 spiro atoms. The Bertz CT molecular complexity index is 2670. The molecule has 0 N–H and O–H groups in total. The van der Waals surface area contributed by atoms with Crippen LogP contribution in [0.4, 0.5) is 0 Å². The zero-order valence-corrected chi connectivity index (χ0v) is 28.3. The largest absolute Gasteiger partial charge is 0.457 e. The smallest absolute Gasteiger partial charge is 0.132 e. The molecule has 0 fully saturated rings. The fourth-order valence-electron chi connectivity index (χ4n) is 8.91. The predicted octanol–water partition coefficient (Wildman–Crippen LogP) is 12.4. The molecule has 3 heterocycles. The van der Waals surface area contributed by atoms with Gasteiger partial charge in [0, 0.05) is 44.0 Å². The first-order valence-electron chi connectivity index (χ1n) is 17.9. The Morgan fingerprint density at radius 1 is 0.308 bits per heavy atom. The van der Waals surface area contributed by atoms with Gasteiger partial charge in [0.25, 0.3) is 0 Å². The highest BCUT2D eigenvalue weighted by atomic mass is 16.5. The summed E-state index contributed by atoms with van der Waals surface area (Å²) in [6.45, 7) is 0. The maximum Gasteiger partial charge on any atom is 0.132 e. The third-order valence-corrected chi connectivity index (χ3v) is 11.1. The fourth-order valence-corrected chi connectivity index (χ4v) is 8.91. The van der Waals surface area contributed by atoms with Crippen molar-refractivity contribution < 1.29 is 4.74 Å². The van der Waals surface area contributed by atoms with Crippen LogP contribution in [0.5, 0.6) is 11.5 Å². The van der Waals surface area contributed by atoms with Crippen molar-refractivity contribution in [3.05, 3.63) is 216 Å². The average Bonchev–Trinajstić information content (AvgIpc) is 3.73. The lowest BCUT2D eigenvalue weighted by atomic mass is 9.63. The van der Waals surface area contributed by atoms with Crippen molar-refractivity contribution in [2.24, 2.45) is 0 Å². The molecule has 1 aliphatic heterocycles. The highest BCUT2D eigenvalue weighted by Gasteiger charge is 2.45. The van der Waals surface area contributed by atoms with Crippen LogP contribution in [-0.2, 0) is 5.41 Å². The van der Waals surface area contributed by atoms with Gasteiger partial charge in [-0.2, -0.15) is 0 Å². The van der Waals surface area contributed by atoms with Crippen LogP contribution in [0.3, 0.4) is 0 Å². The average molecular weight is 665 g/mol. The molecule has 3 heteroatoms. The standard InChI is InChI=1S/C49H32N2O/c1-7-19-43-37(13-1)38-14-2-8-20-44(38)50(43)35-29-25-33(26-30-35)49(41-17-5-11-23-47(41)52-48-24-12-6-18-42(48)49)34-27-31-36(32-28-34)51-45-21-9-3-15-39(45)40-16-4-10-22-46(40)51/h1-32H. The van der Waals surface area contributed by atoms with Gasteiger partial charge in [-0.25, -0.2) is 0 Å². The monoisotopic (exact) mass is 664 g/mol. The minimum Gasteiger partial charge on any atom is -0.457 e. The Morgan fingerprint density at radius 2 is 0.615 bits per heavy atom. The second-order valence-electron chi connectivity index (χ2n) is 13.7. The van der Waals surface area contributed by atoms with Gasteiger partial charge in [0.2, 0.25) is 0 Å². The molecule has 2 aromatic heterocycles. The van der Waals surface area contributed by atoms with E-state index < -0.39 is 5.41 Å². The van der Waals surface area contributed by atoms with Crippen LogP contribution in [0, 0.1) is 0 Å². The van der Waals surface area contributed by atoms with Gasteiger partial charge in [-0.1, -0.05) is 133 Å². The Morgan fingerprint density at radius 3 is 0.981 bits per heavy atom. The van der Waals surface area contributed by atoms with E-state index in [4.69, 9.17) is 4.74 Å². The summed E-state index contributed by atoms with van der Waals surface area (Å²) in [6.07, 6.45) is 0. The van der Waals surface area contributed by atoms with E-state index in [1.807, 2.05) is 0 Å². The van der Waals surface area contributed by atoms with Gasteiger partial charge >= 0.3 is 0 Å². The summed E-state index contributed by atoms with van der Waals surface area (Å²) in [6, 6.07) is 70.2. The Kier molecular flexibility index (Phi) is 6.17. The summed E-state index contributed by atoms with van der Waals surface area (Å²) >= 11 is 0. The highest BCUT2D eigenvalue weighted by Crippen LogP contribution is 2.55. The molecule has 0 bridgehead atoms. The number of ether oxygens (including phenoxy) is 1. The van der Waals surface area contributed by atoms with E-state index in [0.29, 0.717) is 0 Å². The zero-order chi connectivity index (χ0) is 34.2. The van der Waals surface area contributed by atoms with Crippen molar-refractivity contribution in [3.8, 4) is 22.9 Å². The van der Waals surface area contributed by atoms with Gasteiger partial charge in [-0.3, -0.25) is 0 Å². The van der Waals surface area contributed by atoms with E-state index in [-0.39, 0.29) is 0 Å². The first-order valence-corrected chi connectivity index (χ1v) is 17.9. The van der Waals surface area contributed by atoms with E-state index in [2.05, 4.69) is 203 Å². The number of hydrogen-bond acceptors (Lipinski definition) is 1. The molecular formula is C49H32N2O. The maximum atomic E-state index is 6.63. The molecule has 3 nitrogen and oxygen atoms in total. The van der Waals surface area contributed by atoms with Gasteiger partial charge in [0.1, 0.15) is 11.5 Å². The van der Waals surface area contributed by atoms with E-state index in [1.165, 1.54) is 54.7 Å². The lowest BCUT2D eigenvalue weighted by Crippen LogP contribution is -2.34. The molecule has 11 rings (SSSR count). The quantitative estimate of drug-likeness (QED) is 0.183. The Labute approximate surface area is 301 Å². The molecule has 0 radical (unpaired) electrons. The molecule has 0 saturated carbocycles. The van der Waals surface area contributed by atoms with Crippen molar-refractivity contribution in [2.45, 2.75) is 5.41 Å². The summed E-state index contributed by atoms with van der Waals surface area (Å²) in [7, 11) is 0. The molecule has 1 aliphatic rings. The molecule has 8 aromatic carbocycles. The third kappa shape index (κ3) is 3.96. The summed E-state index contributed by atoms with van der Waals surface area (Å²) in [5.41, 5.74) is 11.1. The molecule has 0 saturated heterocycles. The van der Waals surface area contributed by atoms with Crippen molar-refractivity contribution >= 4 is 43.6 Å². The first kappa shape index (κ1) is 28.9. The maximum absolute atomic E-state index is 6.63. The van der Waals surface area contributed by atoms with Crippen molar-refractivity contribution in [3.63, 3.8) is 0 Å². The second kappa shape index (κ2) is 11.1. The van der Waals surface area contributed by atoms with Crippen LogP contribution in [-0.4, -0.2) is 9.13 Å². The second-order valence-corrected chi connectivity index (χ2v) is 13.7. The SMILES string of the molecule is c1ccc2c(c1)Oc1ccccc1C2(c1ccc(-n2c3ccccc3c3ccccc32)cc1)c1ccc(-n2c3ccccc3c3ccccc32)cc1. The van der Waals surface area contributed by atoms with Gasteiger partial charge in [0.05, 0.1) is 27.5 Å². The molecular weight excluding hydrogens is 633 g/mol. The van der Waals surface area contributed by atoms with Crippen LogP contribution in [0.1, 0.15) is 22.3 Å². The van der Waals surface area contributed by atoms with Crippen LogP contribution in [0.15, 0.2) is 194 Å². The third-order valence-electron chi connectivity index (χ3n) is 11.1. The number of hydrogen-bond donors (Lipinski definition) is 0. The fraction of sp³-hybridized carbons (Fsp3) is 0.0204. The number of nitrogens with zero attached hydrogens (tertiary/aromatic N) is 2. The summed E-state index contributed by atoms with van der Waals surface area (Å²) in [4.78, 5) is 0. The lowest BCUT2D eigenvalue weighted by Gasteiger charge is -2.41. The Hall–Kier alpha value is -6.84. The van der Waals surface area contributed by atoms with Crippen LogP contribution < -0.4 is 4.74 Å². The predicted molar refractivity (Wildman–Crippen MR) is 214 cm³/mol. The number of aromatic nitrogens is 2. The van der Waals surface area contributed by atoms with Crippen molar-refractivity contribution in [1.82, 2.24) is 9.13 Å². The van der Waals surface area contributed by atoms with Crippen molar-refractivity contribution in [2.75, 3.05) is 0 Å². The number of rotatable bonds is 4. The first-order chi connectivity index (χ1) is 25.8. The van der Waals surface area contributed by atoms with Gasteiger partial charge in [-0.15, -0.1) is 0 Å². The molecule has 52 heavy (non-hydrogen) atoms. The minimum absolute atomic E-state index is 0.621. The zero-order valence-electron chi connectivity index (χ0n) is 28.3. The highest BCUT2D eigenvalue weighted by molar-refractivity contribution is 6.10. The molecule has 10 aromatic rings. The number of benzene rings is 8. The van der Waals surface area contributed by atoms with Gasteiger partial charge in [0.15, 0.2) is 0 Å². The van der Waals surface area contributed by atoms with Crippen LogP contribution in [0.25, 0.3) is 55.0 Å². The Balaban J connectivity index is 1.14. The molecule has 0 unspecified atom stereocenters. The normalized spacial score (nSPS) is 13.3. The van der Waals surface area contributed by atoms with Gasteiger partial charge in [-0.05, 0) is 71.8 Å². The lowest BCUT2D eigenvalue weighted by molar-refractivity contribution is 0.434. The van der Waals surface area contributed by atoms with Crippen LogP contribution >= 0.6 is 0 Å². The van der Waals surface area contributed by atoms with E-state index in [9.17, 15) is 0 Å². The van der Waals surface area contributed by atoms with Crippen LogP contribution in [0.2, 0.25) is 0 Å². The molecule has 0 aliphatic carbocycles. The summed E-state index contributed by atoms with van der Waals surface area (Å²) < 4.78 is 11.4. The summed E-state index contributed by atoms with van der Waals surface area (Å²) in [5.74, 6) is 1.75. The molecule has 0 amide bonds. The van der Waals surface area contributed by atoms with E-state index >= 15 is 0 Å². The van der Waals surface area contributed by atoms with E-state index in [0.717, 1.165) is 34.0 Å². The summed E-state index contributed by atoms with van der Waals surface area (Å²) in [5, 5.41) is 5.03.